The smallest absolute Gasteiger partial charge is 0.396 e. The summed E-state index contributed by atoms with van der Waals surface area (Å²) in [7, 11) is 0. The topological polar surface area (TPSA) is 29.5 Å². The summed E-state index contributed by atoms with van der Waals surface area (Å²) in [6, 6.07) is 5.10. The first-order valence-electron chi connectivity index (χ1n) is 5.42. The van der Waals surface area contributed by atoms with Crippen molar-refractivity contribution in [3.05, 3.63) is 35.4 Å². The van der Waals surface area contributed by atoms with Crippen molar-refractivity contribution in [1.82, 2.24) is 0 Å². The van der Waals surface area contributed by atoms with Crippen LogP contribution in [-0.2, 0) is 10.9 Å². The van der Waals surface area contributed by atoms with Crippen LogP contribution in [0.15, 0.2) is 24.3 Å². The number of aliphatic hydroxyl groups excluding tert-OH is 1. The van der Waals surface area contributed by atoms with Crippen molar-refractivity contribution >= 4 is 0 Å². The monoisotopic (exact) mass is 246 g/mol. The van der Waals surface area contributed by atoms with Crippen molar-refractivity contribution in [2.45, 2.75) is 18.7 Å². The van der Waals surface area contributed by atoms with Crippen LogP contribution in [-0.4, -0.2) is 18.3 Å². The second-order valence-corrected chi connectivity index (χ2v) is 4.15. The molecule has 0 radical (unpaired) electrons. The van der Waals surface area contributed by atoms with Gasteiger partial charge < -0.3 is 9.84 Å². The van der Waals surface area contributed by atoms with E-state index in [1.54, 1.807) is 6.07 Å². The fourth-order valence-electron chi connectivity index (χ4n) is 2.08. The van der Waals surface area contributed by atoms with Crippen LogP contribution in [0.4, 0.5) is 13.2 Å². The molecule has 1 aromatic carbocycles. The molecule has 1 heterocycles. The first-order valence-corrected chi connectivity index (χ1v) is 5.42. The number of hydrogen-bond donors (Lipinski definition) is 1. The fourth-order valence-corrected chi connectivity index (χ4v) is 2.08. The van der Waals surface area contributed by atoms with Crippen molar-refractivity contribution < 1.29 is 23.0 Å². The molecule has 1 saturated heterocycles. The lowest BCUT2D eigenvalue weighted by Gasteiger charge is -2.18. The number of halogens is 3. The second-order valence-electron chi connectivity index (χ2n) is 4.15. The van der Waals surface area contributed by atoms with Crippen molar-refractivity contribution in [2.24, 2.45) is 5.92 Å². The molecule has 2 unspecified atom stereocenters. The largest absolute Gasteiger partial charge is 0.416 e. The molecule has 1 aliphatic heterocycles. The summed E-state index contributed by atoms with van der Waals surface area (Å²) in [5.41, 5.74) is -0.196. The number of ether oxygens (including phenoxy) is 1. The molecule has 1 aromatic rings. The minimum atomic E-state index is -4.34. The Bertz CT molecular complexity index is 390. The molecule has 1 fully saturated rings. The van der Waals surface area contributed by atoms with Crippen LogP contribution in [0.3, 0.4) is 0 Å². The highest BCUT2D eigenvalue weighted by Gasteiger charge is 2.33. The zero-order valence-corrected chi connectivity index (χ0v) is 9.07. The van der Waals surface area contributed by atoms with Crippen molar-refractivity contribution in [2.75, 3.05) is 13.2 Å². The minimum absolute atomic E-state index is 0.0685. The molecule has 1 N–H and O–H groups in total. The van der Waals surface area contributed by atoms with Crippen LogP contribution < -0.4 is 0 Å². The third kappa shape index (κ3) is 2.61. The van der Waals surface area contributed by atoms with Crippen LogP contribution in [0.5, 0.6) is 0 Å². The third-order valence-electron chi connectivity index (χ3n) is 2.99. The maximum Gasteiger partial charge on any atom is 0.416 e. The van der Waals surface area contributed by atoms with E-state index in [-0.39, 0.29) is 12.5 Å². The van der Waals surface area contributed by atoms with Crippen LogP contribution in [0, 0.1) is 5.92 Å². The van der Waals surface area contributed by atoms with Gasteiger partial charge in [-0.2, -0.15) is 13.2 Å². The summed E-state index contributed by atoms with van der Waals surface area (Å²) in [5, 5.41) is 9.12. The highest BCUT2D eigenvalue weighted by molar-refractivity contribution is 5.28. The summed E-state index contributed by atoms with van der Waals surface area (Å²) in [6.07, 6.45) is -4.09. The summed E-state index contributed by atoms with van der Waals surface area (Å²) >= 11 is 0. The Labute approximate surface area is 97.0 Å². The van der Waals surface area contributed by atoms with Gasteiger partial charge in [0.15, 0.2) is 0 Å². The standard InChI is InChI=1S/C12H13F3O2/c13-12(14,15)10-3-1-2-8(6-10)11-9(7-16)4-5-17-11/h1-3,6,9,11,16H,4-5,7H2. The van der Waals surface area contributed by atoms with Gasteiger partial charge >= 0.3 is 6.18 Å². The predicted octanol–water partition coefficient (Wildman–Crippen LogP) is 2.78. The first-order chi connectivity index (χ1) is 8.02. The molecule has 0 amide bonds. The lowest BCUT2D eigenvalue weighted by atomic mass is 9.95. The van der Waals surface area contributed by atoms with E-state index in [1.165, 1.54) is 6.07 Å². The van der Waals surface area contributed by atoms with E-state index >= 15 is 0 Å². The van der Waals surface area contributed by atoms with Crippen molar-refractivity contribution in [3.8, 4) is 0 Å². The number of benzene rings is 1. The second kappa shape index (κ2) is 4.66. The summed E-state index contributed by atoms with van der Waals surface area (Å²) in [6.45, 7) is 0.410. The molecule has 0 aliphatic carbocycles. The Morgan fingerprint density at radius 3 is 2.76 bits per heavy atom. The van der Waals surface area contributed by atoms with Gasteiger partial charge in [0.05, 0.1) is 11.7 Å². The molecule has 17 heavy (non-hydrogen) atoms. The Morgan fingerprint density at radius 1 is 1.35 bits per heavy atom. The van der Waals surface area contributed by atoms with Gasteiger partial charge in [0.25, 0.3) is 0 Å². The van der Waals surface area contributed by atoms with Crippen LogP contribution in [0.1, 0.15) is 23.7 Å². The Hall–Kier alpha value is -1.07. The van der Waals surface area contributed by atoms with Crippen LogP contribution in [0.25, 0.3) is 0 Å². The fraction of sp³-hybridized carbons (Fsp3) is 0.500. The summed E-state index contributed by atoms with van der Waals surface area (Å²) < 4.78 is 43.0. The van der Waals surface area contributed by atoms with E-state index in [1.807, 2.05) is 0 Å². The Morgan fingerprint density at radius 2 is 2.12 bits per heavy atom. The quantitative estimate of drug-likeness (QED) is 0.869. The molecular weight excluding hydrogens is 233 g/mol. The van der Waals surface area contributed by atoms with E-state index in [2.05, 4.69) is 0 Å². The summed E-state index contributed by atoms with van der Waals surface area (Å²) in [5.74, 6) is -0.113. The lowest BCUT2D eigenvalue weighted by Crippen LogP contribution is -2.13. The van der Waals surface area contributed by atoms with E-state index in [0.717, 1.165) is 12.1 Å². The van der Waals surface area contributed by atoms with Gasteiger partial charge in [-0.15, -0.1) is 0 Å². The van der Waals surface area contributed by atoms with E-state index in [9.17, 15) is 13.2 Å². The lowest BCUT2D eigenvalue weighted by molar-refractivity contribution is -0.137. The number of hydrogen-bond acceptors (Lipinski definition) is 2. The van der Waals surface area contributed by atoms with Gasteiger partial charge in [-0.25, -0.2) is 0 Å². The molecule has 0 spiro atoms. The molecule has 2 nitrogen and oxygen atoms in total. The van der Waals surface area contributed by atoms with Crippen LogP contribution >= 0.6 is 0 Å². The van der Waals surface area contributed by atoms with Gasteiger partial charge in [0, 0.05) is 19.1 Å². The molecular formula is C12H13F3O2. The number of alkyl halides is 3. The summed E-state index contributed by atoms with van der Waals surface area (Å²) in [4.78, 5) is 0. The highest BCUT2D eigenvalue weighted by atomic mass is 19.4. The SMILES string of the molecule is OCC1CCOC1c1cccc(C(F)(F)F)c1. The van der Waals surface area contributed by atoms with Gasteiger partial charge in [0.1, 0.15) is 0 Å². The maximum absolute atomic E-state index is 12.5. The van der Waals surface area contributed by atoms with Crippen LogP contribution in [0.2, 0.25) is 0 Å². The minimum Gasteiger partial charge on any atom is -0.396 e. The zero-order chi connectivity index (χ0) is 12.5. The molecule has 94 valence electrons. The molecule has 2 rings (SSSR count). The average molecular weight is 246 g/mol. The van der Waals surface area contributed by atoms with E-state index in [0.29, 0.717) is 18.6 Å². The van der Waals surface area contributed by atoms with Crippen molar-refractivity contribution in [1.29, 1.82) is 0 Å². The normalized spacial score (nSPS) is 25.2. The molecule has 0 bridgehead atoms. The van der Waals surface area contributed by atoms with Gasteiger partial charge in [-0.3, -0.25) is 0 Å². The van der Waals surface area contributed by atoms with Gasteiger partial charge in [-0.05, 0) is 24.1 Å². The van der Waals surface area contributed by atoms with Gasteiger partial charge in [-0.1, -0.05) is 12.1 Å². The van der Waals surface area contributed by atoms with Gasteiger partial charge in [0.2, 0.25) is 0 Å². The molecule has 0 saturated carbocycles. The molecule has 1 aliphatic rings. The molecule has 0 aromatic heterocycles. The van der Waals surface area contributed by atoms with Crippen molar-refractivity contribution in [3.63, 3.8) is 0 Å². The first kappa shape index (κ1) is 12.4. The molecule has 5 heteroatoms. The third-order valence-corrected chi connectivity index (χ3v) is 2.99. The number of rotatable bonds is 2. The molecule has 2 atom stereocenters. The zero-order valence-electron chi connectivity index (χ0n) is 9.07. The predicted molar refractivity (Wildman–Crippen MR) is 55.3 cm³/mol. The highest BCUT2D eigenvalue weighted by Crippen LogP contribution is 2.37. The Kier molecular flexibility index (Phi) is 3.40. The van der Waals surface area contributed by atoms with E-state index < -0.39 is 17.8 Å². The van der Waals surface area contributed by atoms with E-state index in [4.69, 9.17) is 9.84 Å². The maximum atomic E-state index is 12.5. The number of aliphatic hydroxyl groups is 1. The Balaban J connectivity index is 2.27. The average Bonchev–Trinajstić information content (AvgIpc) is 2.76.